The summed E-state index contributed by atoms with van der Waals surface area (Å²) in [6, 6.07) is 14.6. The van der Waals surface area contributed by atoms with Gasteiger partial charge in [-0.25, -0.2) is 0 Å². The molecule has 4 nitrogen and oxygen atoms in total. The number of rotatable bonds is 8. The molecule has 0 aliphatic heterocycles. The first-order chi connectivity index (χ1) is 13.0. The van der Waals surface area contributed by atoms with Gasteiger partial charge in [-0.3, -0.25) is 5.43 Å². The summed E-state index contributed by atoms with van der Waals surface area (Å²) < 4.78 is 0. The van der Waals surface area contributed by atoms with E-state index in [2.05, 4.69) is 78.8 Å². The van der Waals surface area contributed by atoms with Gasteiger partial charge in [0, 0.05) is 24.5 Å². The lowest BCUT2D eigenvalue weighted by Crippen LogP contribution is -2.24. The maximum absolute atomic E-state index is 5.32. The SMILES string of the molecule is CCCCN(CC)c1ccc(/C=N\NC(=S)Nc2cccc(C)c2C)cc1. The molecule has 0 saturated carbocycles. The van der Waals surface area contributed by atoms with Crippen molar-refractivity contribution >= 4 is 34.9 Å². The van der Waals surface area contributed by atoms with Crippen LogP contribution in [-0.2, 0) is 0 Å². The van der Waals surface area contributed by atoms with Gasteiger partial charge in [0.1, 0.15) is 0 Å². The van der Waals surface area contributed by atoms with E-state index in [0.717, 1.165) is 24.3 Å². The van der Waals surface area contributed by atoms with Gasteiger partial charge in [-0.1, -0.05) is 37.6 Å². The van der Waals surface area contributed by atoms with Crippen molar-refractivity contribution in [2.24, 2.45) is 5.10 Å². The van der Waals surface area contributed by atoms with Crippen molar-refractivity contribution in [1.29, 1.82) is 0 Å². The molecule has 0 aromatic heterocycles. The smallest absolute Gasteiger partial charge is 0.191 e. The molecule has 0 bridgehead atoms. The molecule has 144 valence electrons. The summed E-state index contributed by atoms with van der Waals surface area (Å²) in [7, 11) is 0. The van der Waals surface area contributed by atoms with Crippen LogP contribution in [0.4, 0.5) is 11.4 Å². The summed E-state index contributed by atoms with van der Waals surface area (Å²) in [6.45, 7) is 10.7. The third kappa shape index (κ3) is 6.36. The van der Waals surface area contributed by atoms with Crippen LogP contribution < -0.4 is 15.6 Å². The van der Waals surface area contributed by atoms with Crippen LogP contribution >= 0.6 is 12.2 Å². The Labute approximate surface area is 168 Å². The van der Waals surface area contributed by atoms with Gasteiger partial charge in [0.05, 0.1) is 6.21 Å². The highest BCUT2D eigenvalue weighted by molar-refractivity contribution is 7.80. The molecule has 2 aromatic carbocycles. The second kappa shape index (κ2) is 10.7. The first-order valence-corrected chi connectivity index (χ1v) is 9.97. The van der Waals surface area contributed by atoms with E-state index < -0.39 is 0 Å². The first-order valence-electron chi connectivity index (χ1n) is 9.56. The average Bonchev–Trinajstić information content (AvgIpc) is 2.67. The molecule has 0 fully saturated rings. The number of anilines is 2. The Hall–Kier alpha value is -2.40. The number of benzene rings is 2. The van der Waals surface area contributed by atoms with Gasteiger partial charge in [0.2, 0.25) is 0 Å². The fourth-order valence-electron chi connectivity index (χ4n) is 2.79. The van der Waals surface area contributed by atoms with Crippen LogP contribution in [0.5, 0.6) is 0 Å². The number of aryl methyl sites for hydroxylation is 1. The standard InChI is InChI=1S/C22H30N4S/c1-5-7-15-26(6-2)20-13-11-19(12-14-20)16-23-25-22(27)24-21-10-8-9-17(3)18(21)4/h8-14,16H,5-7,15H2,1-4H3,(H2,24,25,27)/b23-16-. The molecule has 0 saturated heterocycles. The lowest BCUT2D eigenvalue weighted by Gasteiger charge is -2.22. The Balaban J connectivity index is 1.90. The number of thiocarbonyl (C=S) groups is 1. The minimum absolute atomic E-state index is 0.480. The fraction of sp³-hybridized carbons (Fsp3) is 0.364. The normalized spacial score (nSPS) is 10.8. The molecule has 0 spiro atoms. The first kappa shape index (κ1) is 20.9. The van der Waals surface area contributed by atoms with Gasteiger partial charge in [0.25, 0.3) is 0 Å². The number of hydrazone groups is 1. The molecular weight excluding hydrogens is 352 g/mol. The predicted octanol–water partition coefficient (Wildman–Crippen LogP) is 5.25. The number of hydrogen-bond acceptors (Lipinski definition) is 3. The second-order valence-corrected chi connectivity index (χ2v) is 7.00. The lowest BCUT2D eigenvalue weighted by atomic mass is 10.1. The van der Waals surface area contributed by atoms with Crippen molar-refractivity contribution in [3.63, 3.8) is 0 Å². The van der Waals surface area contributed by atoms with Crippen molar-refractivity contribution in [1.82, 2.24) is 5.43 Å². The van der Waals surface area contributed by atoms with Gasteiger partial charge < -0.3 is 10.2 Å². The van der Waals surface area contributed by atoms with E-state index in [4.69, 9.17) is 12.2 Å². The maximum atomic E-state index is 5.32. The van der Waals surface area contributed by atoms with Crippen LogP contribution in [0.15, 0.2) is 47.6 Å². The van der Waals surface area contributed by atoms with Gasteiger partial charge in [-0.15, -0.1) is 0 Å². The number of unbranched alkanes of at least 4 members (excludes halogenated alkanes) is 1. The third-order valence-electron chi connectivity index (χ3n) is 4.65. The Bertz CT molecular complexity index is 768. The van der Waals surface area contributed by atoms with E-state index in [9.17, 15) is 0 Å². The Morgan fingerprint density at radius 1 is 1.11 bits per heavy atom. The van der Waals surface area contributed by atoms with E-state index in [-0.39, 0.29) is 0 Å². The van der Waals surface area contributed by atoms with E-state index in [1.165, 1.54) is 29.7 Å². The second-order valence-electron chi connectivity index (χ2n) is 6.60. The van der Waals surface area contributed by atoms with Crippen molar-refractivity contribution in [2.45, 2.75) is 40.5 Å². The summed E-state index contributed by atoms with van der Waals surface area (Å²) in [4.78, 5) is 2.39. The van der Waals surface area contributed by atoms with Crippen LogP contribution in [-0.4, -0.2) is 24.4 Å². The molecule has 27 heavy (non-hydrogen) atoms. The number of hydrogen-bond donors (Lipinski definition) is 2. The van der Waals surface area contributed by atoms with Crippen molar-refractivity contribution in [3.8, 4) is 0 Å². The van der Waals surface area contributed by atoms with E-state index in [0.29, 0.717) is 5.11 Å². The minimum Gasteiger partial charge on any atom is -0.372 e. The summed E-state index contributed by atoms with van der Waals surface area (Å²) in [5, 5.41) is 7.91. The highest BCUT2D eigenvalue weighted by Crippen LogP contribution is 2.18. The van der Waals surface area contributed by atoms with Gasteiger partial charge in [-0.05, 0) is 74.3 Å². The van der Waals surface area contributed by atoms with Crippen molar-refractivity contribution in [3.05, 3.63) is 59.2 Å². The molecule has 0 amide bonds. The zero-order chi connectivity index (χ0) is 19.6. The monoisotopic (exact) mass is 382 g/mol. The molecule has 2 rings (SSSR count). The van der Waals surface area contributed by atoms with Gasteiger partial charge in [-0.2, -0.15) is 5.10 Å². The molecule has 0 heterocycles. The Morgan fingerprint density at radius 2 is 1.85 bits per heavy atom. The quantitative estimate of drug-likeness (QED) is 0.372. The molecular formula is C22H30N4S. The average molecular weight is 383 g/mol. The highest BCUT2D eigenvalue weighted by Gasteiger charge is 2.04. The van der Waals surface area contributed by atoms with Crippen LogP contribution in [0, 0.1) is 13.8 Å². The molecule has 0 atom stereocenters. The summed E-state index contributed by atoms with van der Waals surface area (Å²) >= 11 is 5.32. The summed E-state index contributed by atoms with van der Waals surface area (Å²) in [5.74, 6) is 0. The lowest BCUT2D eigenvalue weighted by molar-refractivity contribution is 0.732. The zero-order valence-electron chi connectivity index (χ0n) is 16.7. The summed E-state index contributed by atoms with van der Waals surface area (Å²) in [5.41, 5.74) is 8.58. The van der Waals surface area contributed by atoms with Crippen LogP contribution in [0.3, 0.4) is 0 Å². The molecule has 0 aliphatic carbocycles. The van der Waals surface area contributed by atoms with Crippen LogP contribution in [0.25, 0.3) is 0 Å². The highest BCUT2D eigenvalue weighted by atomic mass is 32.1. The maximum Gasteiger partial charge on any atom is 0.191 e. The van der Waals surface area contributed by atoms with Gasteiger partial charge >= 0.3 is 0 Å². The van der Waals surface area contributed by atoms with Crippen LogP contribution in [0.1, 0.15) is 43.4 Å². The molecule has 0 radical (unpaired) electrons. The minimum atomic E-state index is 0.480. The van der Waals surface area contributed by atoms with Crippen molar-refractivity contribution in [2.75, 3.05) is 23.3 Å². The molecule has 2 aromatic rings. The molecule has 2 N–H and O–H groups in total. The predicted molar refractivity (Wildman–Crippen MR) is 122 cm³/mol. The summed E-state index contributed by atoms with van der Waals surface area (Å²) in [6.07, 6.45) is 4.21. The largest absolute Gasteiger partial charge is 0.372 e. The topological polar surface area (TPSA) is 39.7 Å². The van der Waals surface area contributed by atoms with Gasteiger partial charge in [0.15, 0.2) is 5.11 Å². The van der Waals surface area contributed by atoms with E-state index in [1.807, 2.05) is 12.1 Å². The van der Waals surface area contributed by atoms with E-state index in [1.54, 1.807) is 6.21 Å². The molecule has 0 unspecified atom stereocenters. The number of nitrogens with zero attached hydrogens (tertiary/aromatic N) is 2. The van der Waals surface area contributed by atoms with Crippen molar-refractivity contribution < 1.29 is 0 Å². The Morgan fingerprint density at radius 3 is 2.52 bits per heavy atom. The number of nitrogens with one attached hydrogen (secondary N) is 2. The zero-order valence-corrected chi connectivity index (χ0v) is 17.6. The molecule has 5 heteroatoms. The Kier molecular flexibility index (Phi) is 8.27. The molecule has 0 aliphatic rings. The third-order valence-corrected chi connectivity index (χ3v) is 4.85. The van der Waals surface area contributed by atoms with Crippen LogP contribution in [0.2, 0.25) is 0 Å². The fourth-order valence-corrected chi connectivity index (χ4v) is 2.95. The van der Waals surface area contributed by atoms with E-state index >= 15 is 0 Å².